The Kier molecular flexibility index (Phi) is 11.3. The molecule has 0 fully saturated rings. The van der Waals surface area contributed by atoms with Crippen LogP contribution < -0.4 is 0 Å². The van der Waals surface area contributed by atoms with Gasteiger partial charge in [0, 0.05) is 0 Å². The monoisotopic (exact) mass is 328 g/mol. The molecule has 0 aliphatic carbocycles. The molecule has 84 valence electrons. The predicted molar refractivity (Wildman–Crippen MR) is 58.5 cm³/mol. The van der Waals surface area contributed by atoms with Crippen LogP contribution in [0.3, 0.4) is 0 Å². The van der Waals surface area contributed by atoms with Crippen molar-refractivity contribution in [1.82, 2.24) is 0 Å². The minimum absolute atomic E-state index is 0.148. The van der Waals surface area contributed by atoms with Gasteiger partial charge in [-0.15, -0.1) is 0 Å². The number of hydrogen-bond donors (Lipinski definition) is 0. The number of hydrogen-bond acceptors (Lipinski definition) is 4. The van der Waals surface area contributed by atoms with Gasteiger partial charge in [0.05, 0.1) is 0 Å². The van der Waals surface area contributed by atoms with Crippen LogP contribution in [0, 0.1) is 0 Å². The predicted octanol–water partition coefficient (Wildman–Crippen LogP) is 1.60. The van der Waals surface area contributed by atoms with Crippen LogP contribution in [-0.4, -0.2) is 41.9 Å². The van der Waals surface area contributed by atoms with E-state index in [1.165, 1.54) is 13.8 Å². The summed E-state index contributed by atoms with van der Waals surface area (Å²) in [6.07, 6.45) is 0. The molecule has 0 radical (unpaired) electrons. The molecule has 6 heteroatoms. The van der Waals surface area contributed by atoms with Crippen LogP contribution in [-0.2, 0) is 17.0 Å². The van der Waals surface area contributed by atoms with Crippen LogP contribution in [0.25, 0.3) is 0 Å². The van der Waals surface area contributed by atoms with Gasteiger partial charge in [0.1, 0.15) is 0 Å². The molecular weight excluding hydrogens is 310 g/mol. The van der Waals surface area contributed by atoms with Crippen LogP contribution in [0.1, 0.15) is 13.8 Å². The van der Waals surface area contributed by atoms with Crippen molar-refractivity contribution < 1.29 is 17.0 Å². The molecular formula is C8H18As2O4. The standard InChI is InChI=1S/2C4H9AsO2/c2*1-4(6)7-5(2)3/h2*1-3H3. The zero-order valence-electron chi connectivity index (χ0n) is 9.53. The third-order valence-electron chi connectivity index (χ3n) is 0.622. The zero-order valence-corrected chi connectivity index (χ0v) is 13.3. The summed E-state index contributed by atoms with van der Waals surface area (Å²) >= 11 is -2.27. The van der Waals surface area contributed by atoms with Gasteiger partial charge in [0.2, 0.25) is 0 Å². The Balaban J connectivity index is 0. The number of carbonyl (C=O) groups is 2. The normalized spacial score (nSPS) is 9.14. The SMILES string of the molecule is CC(=O)O[As](C)C.CC(=O)O[As](C)C. The Bertz CT molecular complexity index is 160. The molecule has 0 aromatic heterocycles. The first-order valence-corrected chi connectivity index (χ1v) is 13.0. The van der Waals surface area contributed by atoms with Crippen LogP contribution in [0.5, 0.6) is 0 Å². The quantitative estimate of drug-likeness (QED) is 0.723. The molecule has 0 aromatic carbocycles. The Morgan fingerprint density at radius 2 is 1.00 bits per heavy atom. The molecule has 0 N–H and O–H groups in total. The van der Waals surface area contributed by atoms with E-state index in [2.05, 4.69) is 0 Å². The second-order valence-electron chi connectivity index (χ2n) is 2.79. The van der Waals surface area contributed by atoms with Gasteiger partial charge in [0.25, 0.3) is 0 Å². The first-order valence-electron chi connectivity index (χ1n) is 3.97. The minimum atomic E-state index is -1.13. The van der Waals surface area contributed by atoms with E-state index < -0.39 is 30.0 Å². The van der Waals surface area contributed by atoms with E-state index in [1.807, 2.05) is 22.8 Å². The van der Waals surface area contributed by atoms with Crippen molar-refractivity contribution in [3.8, 4) is 0 Å². The zero-order chi connectivity index (χ0) is 11.7. The van der Waals surface area contributed by atoms with E-state index in [1.54, 1.807) is 0 Å². The van der Waals surface area contributed by atoms with Crippen molar-refractivity contribution in [3.05, 3.63) is 0 Å². The van der Waals surface area contributed by atoms with E-state index in [-0.39, 0.29) is 11.9 Å². The third kappa shape index (κ3) is 22.7. The second-order valence-corrected chi connectivity index (χ2v) is 10.4. The molecule has 0 spiro atoms. The van der Waals surface area contributed by atoms with Crippen molar-refractivity contribution in [1.29, 1.82) is 0 Å². The molecule has 4 nitrogen and oxygen atoms in total. The van der Waals surface area contributed by atoms with Gasteiger partial charge in [-0.05, 0) is 0 Å². The molecule has 0 bridgehead atoms. The van der Waals surface area contributed by atoms with Crippen molar-refractivity contribution in [2.75, 3.05) is 0 Å². The van der Waals surface area contributed by atoms with Gasteiger partial charge in [-0.2, -0.15) is 0 Å². The molecule has 0 aromatic rings. The summed E-state index contributed by atoms with van der Waals surface area (Å²) in [5.74, 6) is -0.296. The summed E-state index contributed by atoms with van der Waals surface area (Å²) in [6.45, 7) is 2.88. The summed E-state index contributed by atoms with van der Waals surface area (Å²) in [6, 6.07) is 0. The van der Waals surface area contributed by atoms with Crippen LogP contribution in [0.2, 0.25) is 22.8 Å². The molecule has 0 aliphatic rings. The molecule has 0 atom stereocenters. The average molecular weight is 328 g/mol. The van der Waals surface area contributed by atoms with Gasteiger partial charge in [-0.25, -0.2) is 0 Å². The molecule has 0 rings (SSSR count). The van der Waals surface area contributed by atoms with Crippen LogP contribution in [0.15, 0.2) is 0 Å². The van der Waals surface area contributed by atoms with Crippen molar-refractivity contribution in [2.24, 2.45) is 0 Å². The van der Waals surface area contributed by atoms with Gasteiger partial charge in [0.15, 0.2) is 0 Å². The summed E-state index contributed by atoms with van der Waals surface area (Å²) in [5, 5.41) is 0. The Hall–Kier alpha value is 0.0569. The maximum atomic E-state index is 10.1. The van der Waals surface area contributed by atoms with E-state index in [9.17, 15) is 9.59 Å². The topological polar surface area (TPSA) is 52.6 Å². The Morgan fingerprint density at radius 3 is 1.00 bits per heavy atom. The molecule has 0 saturated heterocycles. The van der Waals surface area contributed by atoms with Crippen molar-refractivity contribution in [3.63, 3.8) is 0 Å². The summed E-state index contributed by atoms with van der Waals surface area (Å²) < 4.78 is 9.51. The van der Waals surface area contributed by atoms with Crippen LogP contribution >= 0.6 is 0 Å². The first kappa shape index (κ1) is 16.5. The van der Waals surface area contributed by atoms with E-state index in [0.29, 0.717) is 0 Å². The molecule has 0 heterocycles. The number of carbonyl (C=O) groups excluding carboxylic acids is 2. The molecule has 0 amide bonds. The van der Waals surface area contributed by atoms with Gasteiger partial charge in [-0.1, -0.05) is 0 Å². The fourth-order valence-electron chi connectivity index (χ4n) is 0.514. The van der Waals surface area contributed by atoms with Crippen molar-refractivity contribution in [2.45, 2.75) is 36.7 Å². The summed E-state index contributed by atoms with van der Waals surface area (Å²) in [4.78, 5) is 20.1. The molecule has 0 saturated carbocycles. The fraction of sp³-hybridized carbons (Fsp3) is 0.750. The first-order chi connectivity index (χ1) is 6.25. The third-order valence-corrected chi connectivity index (χ3v) is 3.23. The van der Waals surface area contributed by atoms with E-state index in [0.717, 1.165) is 0 Å². The van der Waals surface area contributed by atoms with Crippen LogP contribution in [0.4, 0.5) is 0 Å². The molecule has 14 heavy (non-hydrogen) atoms. The summed E-state index contributed by atoms with van der Waals surface area (Å²) in [7, 11) is 0. The van der Waals surface area contributed by atoms with Gasteiger partial charge in [-0.3, -0.25) is 0 Å². The average Bonchev–Trinajstić information content (AvgIpc) is 1.79. The molecule has 0 aliphatic heterocycles. The van der Waals surface area contributed by atoms with Gasteiger partial charge >= 0.3 is 95.7 Å². The molecule has 0 unspecified atom stereocenters. The fourth-order valence-corrected chi connectivity index (χ4v) is 2.67. The maximum absolute atomic E-state index is 10.1. The van der Waals surface area contributed by atoms with E-state index >= 15 is 0 Å². The van der Waals surface area contributed by atoms with Crippen molar-refractivity contribution >= 4 is 41.9 Å². The van der Waals surface area contributed by atoms with E-state index in [4.69, 9.17) is 7.45 Å². The number of rotatable bonds is 2. The Morgan fingerprint density at radius 1 is 0.786 bits per heavy atom. The second kappa shape index (κ2) is 9.61. The van der Waals surface area contributed by atoms with Gasteiger partial charge < -0.3 is 0 Å². The summed E-state index contributed by atoms with van der Waals surface area (Å²) in [5.41, 5.74) is 7.87. The Labute approximate surface area is 95.6 Å².